The van der Waals surface area contributed by atoms with Crippen LogP contribution in [0.1, 0.15) is 36.3 Å². The monoisotopic (exact) mass is 247 g/mol. The molecule has 1 fully saturated rings. The number of carbonyl (C=O) groups excluding carboxylic acids is 1. The largest absolute Gasteiger partial charge is 0.469 e. The van der Waals surface area contributed by atoms with Crippen molar-refractivity contribution in [2.45, 2.75) is 38.1 Å². The third-order valence-electron chi connectivity index (χ3n) is 3.68. The number of ether oxygens (including phenoxy) is 1. The van der Waals surface area contributed by atoms with Gasteiger partial charge in [0.1, 0.15) is 0 Å². The fourth-order valence-corrected chi connectivity index (χ4v) is 2.18. The molecule has 1 aromatic carbocycles. The van der Waals surface area contributed by atoms with Gasteiger partial charge in [-0.1, -0.05) is 36.2 Å². The van der Waals surface area contributed by atoms with Gasteiger partial charge in [-0.05, 0) is 25.3 Å². The second-order valence-corrected chi connectivity index (χ2v) is 5.02. The van der Waals surface area contributed by atoms with Gasteiger partial charge in [0.25, 0.3) is 0 Å². The zero-order chi connectivity index (χ0) is 13.0. The van der Waals surface area contributed by atoms with Gasteiger partial charge in [-0.2, -0.15) is 0 Å². The molecule has 0 aromatic heterocycles. The number of nitrogens with one attached hydrogen (secondary N) is 1. The zero-order valence-corrected chi connectivity index (χ0v) is 11.1. The molecule has 18 heavy (non-hydrogen) atoms. The summed E-state index contributed by atoms with van der Waals surface area (Å²) in [5.74, 6) is -0.359. The van der Waals surface area contributed by atoms with Gasteiger partial charge < -0.3 is 10.1 Å². The lowest BCUT2D eigenvalue weighted by molar-refractivity contribution is -0.142. The number of hydrogen-bond donors (Lipinski definition) is 1. The Morgan fingerprint density at radius 2 is 2.06 bits per heavy atom. The van der Waals surface area contributed by atoms with Crippen LogP contribution in [0.5, 0.6) is 0 Å². The lowest BCUT2D eigenvalue weighted by Crippen LogP contribution is -2.39. The highest BCUT2D eigenvalue weighted by atomic mass is 16.5. The van der Waals surface area contributed by atoms with E-state index in [0.29, 0.717) is 12.6 Å². The number of benzene rings is 1. The van der Waals surface area contributed by atoms with E-state index < -0.39 is 0 Å². The summed E-state index contributed by atoms with van der Waals surface area (Å²) in [5, 5.41) is 3.45. The molecule has 0 aliphatic heterocycles. The summed E-state index contributed by atoms with van der Waals surface area (Å²) in [6.45, 7) is 2.71. The maximum atomic E-state index is 11.9. The van der Waals surface area contributed by atoms with Crippen LogP contribution >= 0.6 is 0 Å². The van der Waals surface area contributed by atoms with Crippen LogP contribution in [-0.4, -0.2) is 25.7 Å². The van der Waals surface area contributed by atoms with Crippen LogP contribution in [-0.2, 0) is 9.53 Å². The standard InChI is InChI=1S/C15H21NO2/c1-11-6-8-12(9-7-11)14(15(17)18-2)10-16-13-4-3-5-13/h6-9,13-14,16H,3-5,10H2,1-2H3. The Morgan fingerprint density at radius 3 is 2.56 bits per heavy atom. The molecule has 98 valence electrons. The predicted octanol–water partition coefficient (Wildman–Crippen LogP) is 2.39. The number of carbonyl (C=O) groups is 1. The van der Waals surface area contributed by atoms with Crippen molar-refractivity contribution in [3.8, 4) is 0 Å². The van der Waals surface area contributed by atoms with Crippen LogP contribution in [0.2, 0.25) is 0 Å². The summed E-state index contributed by atoms with van der Waals surface area (Å²) < 4.78 is 4.90. The van der Waals surface area contributed by atoms with E-state index in [1.807, 2.05) is 31.2 Å². The highest BCUT2D eigenvalue weighted by Crippen LogP contribution is 2.21. The molecule has 1 aromatic rings. The Kier molecular flexibility index (Phi) is 4.37. The number of aryl methyl sites for hydroxylation is 1. The first-order chi connectivity index (χ1) is 8.70. The average molecular weight is 247 g/mol. The van der Waals surface area contributed by atoms with Crippen molar-refractivity contribution in [3.05, 3.63) is 35.4 Å². The quantitative estimate of drug-likeness (QED) is 0.812. The molecule has 0 amide bonds. The van der Waals surface area contributed by atoms with Gasteiger partial charge in [0, 0.05) is 12.6 Å². The Labute approximate surface area is 109 Å². The van der Waals surface area contributed by atoms with E-state index in [1.165, 1.54) is 31.9 Å². The molecule has 1 aliphatic rings. The number of esters is 1. The highest BCUT2D eigenvalue weighted by Gasteiger charge is 2.24. The van der Waals surface area contributed by atoms with Crippen molar-refractivity contribution in [1.82, 2.24) is 5.32 Å². The molecule has 1 atom stereocenters. The van der Waals surface area contributed by atoms with Crippen molar-refractivity contribution in [1.29, 1.82) is 0 Å². The van der Waals surface area contributed by atoms with Crippen LogP contribution in [0.3, 0.4) is 0 Å². The Morgan fingerprint density at radius 1 is 1.39 bits per heavy atom. The molecule has 1 unspecified atom stereocenters. The molecule has 1 N–H and O–H groups in total. The van der Waals surface area contributed by atoms with Crippen molar-refractivity contribution in [2.24, 2.45) is 0 Å². The Bertz CT molecular complexity index is 395. The number of rotatable bonds is 5. The van der Waals surface area contributed by atoms with Gasteiger partial charge in [-0.25, -0.2) is 0 Å². The molecule has 0 bridgehead atoms. The molecule has 3 nitrogen and oxygen atoms in total. The lowest BCUT2D eigenvalue weighted by Gasteiger charge is -2.28. The minimum atomic E-state index is -0.198. The third kappa shape index (κ3) is 3.10. The molecule has 0 spiro atoms. The summed E-state index contributed by atoms with van der Waals surface area (Å²) in [5.41, 5.74) is 2.23. The number of hydrogen-bond acceptors (Lipinski definition) is 3. The molecule has 2 rings (SSSR count). The summed E-state index contributed by atoms with van der Waals surface area (Å²) >= 11 is 0. The van der Waals surface area contributed by atoms with Gasteiger partial charge in [0.15, 0.2) is 0 Å². The third-order valence-corrected chi connectivity index (χ3v) is 3.68. The van der Waals surface area contributed by atoms with Gasteiger partial charge in [-0.15, -0.1) is 0 Å². The normalized spacial score (nSPS) is 17.0. The second kappa shape index (κ2) is 6.01. The molecular formula is C15H21NO2. The smallest absolute Gasteiger partial charge is 0.314 e. The van der Waals surface area contributed by atoms with E-state index in [0.717, 1.165) is 5.56 Å². The molecule has 3 heteroatoms. The topological polar surface area (TPSA) is 38.3 Å². The Hall–Kier alpha value is -1.35. The average Bonchev–Trinajstić information content (AvgIpc) is 2.33. The van der Waals surface area contributed by atoms with E-state index >= 15 is 0 Å². The lowest BCUT2D eigenvalue weighted by atomic mass is 9.91. The van der Waals surface area contributed by atoms with Crippen molar-refractivity contribution in [3.63, 3.8) is 0 Å². The van der Waals surface area contributed by atoms with E-state index in [4.69, 9.17) is 4.74 Å². The van der Waals surface area contributed by atoms with E-state index in [9.17, 15) is 4.79 Å². The molecular weight excluding hydrogens is 226 g/mol. The molecule has 1 saturated carbocycles. The van der Waals surface area contributed by atoms with Crippen molar-refractivity contribution >= 4 is 5.97 Å². The van der Waals surface area contributed by atoms with Crippen molar-refractivity contribution in [2.75, 3.05) is 13.7 Å². The van der Waals surface area contributed by atoms with E-state index in [-0.39, 0.29) is 11.9 Å². The first-order valence-electron chi connectivity index (χ1n) is 6.58. The zero-order valence-electron chi connectivity index (χ0n) is 11.1. The van der Waals surface area contributed by atoms with Gasteiger partial charge in [0.05, 0.1) is 13.0 Å². The fourth-order valence-electron chi connectivity index (χ4n) is 2.18. The summed E-state index contributed by atoms with van der Waals surface area (Å²) in [6, 6.07) is 8.68. The minimum absolute atomic E-state index is 0.161. The number of methoxy groups -OCH3 is 1. The van der Waals surface area contributed by atoms with Gasteiger partial charge in [-0.3, -0.25) is 4.79 Å². The van der Waals surface area contributed by atoms with Crippen LogP contribution in [0.25, 0.3) is 0 Å². The first kappa shape index (κ1) is 13.1. The maximum Gasteiger partial charge on any atom is 0.314 e. The minimum Gasteiger partial charge on any atom is -0.469 e. The summed E-state index contributed by atoms with van der Waals surface area (Å²) in [7, 11) is 1.45. The summed E-state index contributed by atoms with van der Waals surface area (Å²) in [4.78, 5) is 11.9. The van der Waals surface area contributed by atoms with Gasteiger partial charge >= 0.3 is 5.97 Å². The maximum absolute atomic E-state index is 11.9. The second-order valence-electron chi connectivity index (χ2n) is 5.02. The highest BCUT2D eigenvalue weighted by molar-refractivity contribution is 5.78. The van der Waals surface area contributed by atoms with Crippen LogP contribution in [0.4, 0.5) is 0 Å². The Balaban J connectivity index is 2.03. The molecule has 1 aliphatic carbocycles. The van der Waals surface area contributed by atoms with E-state index in [2.05, 4.69) is 5.32 Å². The van der Waals surface area contributed by atoms with Crippen LogP contribution < -0.4 is 5.32 Å². The first-order valence-corrected chi connectivity index (χ1v) is 6.58. The predicted molar refractivity (Wildman–Crippen MR) is 71.6 cm³/mol. The van der Waals surface area contributed by atoms with Crippen LogP contribution in [0.15, 0.2) is 24.3 Å². The summed E-state index contributed by atoms with van der Waals surface area (Å²) in [6.07, 6.45) is 3.74. The molecule has 0 radical (unpaired) electrons. The van der Waals surface area contributed by atoms with Gasteiger partial charge in [0.2, 0.25) is 0 Å². The van der Waals surface area contributed by atoms with E-state index in [1.54, 1.807) is 0 Å². The fraction of sp³-hybridized carbons (Fsp3) is 0.533. The van der Waals surface area contributed by atoms with Crippen molar-refractivity contribution < 1.29 is 9.53 Å². The SMILES string of the molecule is COC(=O)C(CNC1CCC1)c1ccc(C)cc1. The molecule has 0 heterocycles. The van der Waals surface area contributed by atoms with Crippen LogP contribution in [0, 0.1) is 6.92 Å². The molecule has 0 saturated heterocycles.